The normalized spacial score (nSPS) is 10.5. The molecule has 1 atom stereocenters. The van der Waals surface area contributed by atoms with Gasteiger partial charge >= 0.3 is 5.97 Å². The van der Waals surface area contributed by atoms with Crippen molar-refractivity contribution < 1.29 is 18.7 Å². The standard InChI is InChI=1S/C17H20F2N5O3P/c18-10-5-4-9(7-11(10)19)8-22-17-23-13(15(20)28)14(16(27)24-17)21-6-2-1-3-12(25)26/h4-5,7,20-21H,1-3,6,8,28H2,(H,25,26)(H2,22,23,24,27). The molecule has 0 saturated heterocycles. The van der Waals surface area contributed by atoms with Gasteiger partial charge in [-0.3, -0.25) is 20.0 Å². The van der Waals surface area contributed by atoms with Crippen LogP contribution in [-0.2, 0) is 11.3 Å². The first-order valence-electron chi connectivity index (χ1n) is 8.40. The van der Waals surface area contributed by atoms with E-state index in [1.54, 1.807) is 0 Å². The van der Waals surface area contributed by atoms with Crippen molar-refractivity contribution in [3.63, 3.8) is 0 Å². The monoisotopic (exact) mass is 411 g/mol. The van der Waals surface area contributed by atoms with Crippen LogP contribution in [0.25, 0.3) is 0 Å². The highest BCUT2D eigenvalue weighted by Gasteiger charge is 2.13. The lowest BCUT2D eigenvalue weighted by molar-refractivity contribution is -0.137. The summed E-state index contributed by atoms with van der Waals surface area (Å²) in [4.78, 5) is 29.5. The summed E-state index contributed by atoms with van der Waals surface area (Å²) >= 11 is 0. The van der Waals surface area contributed by atoms with Crippen LogP contribution in [0.5, 0.6) is 0 Å². The third-order valence-electron chi connectivity index (χ3n) is 3.74. The summed E-state index contributed by atoms with van der Waals surface area (Å²) in [6, 6.07) is 3.44. The molecule has 0 fully saturated rings. The predicted molar refractivity (Wildman–Crippen MR) is 105 cm³/mol. The van der Waals surface area contributed by atoms with Crippen LogP contribution in [0.4, 0.5) is 20.4 Å². The molecule has 1 heterocycles. The Bertz CT molecular complexity index is 935. The number of aromatic nitrogens is 2. The lowest BCUT2D eigenvalue weighted by Crippen LogP contribution is -2.22. The van der Waals surface area contributed by atoms with Crippen LogP contribution in [0.15, 0.2) is 23.0 Å². The highest BCUT2D eigenvalue weighted by molar-refractivity contribution is 7.41. The topological polar surface area (TPSA) is 131 Å². The third-order valence-corrected chi connectivity index (χ3v) is 4.01. The summed E-state index contributed by atoms with van der Waals surface area (Å²) in [7, 11) is 2.15. The SMILES string of the molecule is N=C(P)c1nc(NCc2ccc(F)c(F)c2)[nH]c(=O)c1NCCCCC(=O)O. The zero-order chi connectivity index (χ0) is 20.7. The third kappa shape index (κ3) is 6.09. The van der Waals surface area contributed by atoms with E-state index in [2.05, 4.69) is 29.8 Å². The number of aliphatic carboxylic acids is 1. The molecule has 0 aliphatic carbocycles. The number of aromatic amines is 1. The van der Waals surface area contributed by atoms with Gasteiger partial charge in [0.15, 0.2) is 11.6 Å². The van der Waals surface area contributed by atoms with E-state index in [0.29, 0.717) is 24.9 Å². The van der Waals surface area contributed by atoms with E-state index in [4.69, 9.17) is 10.5 Å². The minimum absolute atomic E-state index is 0.0185. The van der Waals surface area contributed by atoms with E-state index in [-0.39, 0.29) is 35.7 Å². The zero-order valence-electron chi connectivity index (χ0n) is 14.8. The number of carboxylic acid groups (broad SMARTS) is 1. The van der Waals surface area contributed by atoms with E-state index in [1.165, 1.54) is 6.07 Å². The number of carbonyl (C=O) groups is 1. The molecule has 2 aromatic rings. The van der Waals surface area contributed by atoms with Crippen molar-refractivity contribution in [3.05, 3.63) is 51.4 Å². The number of halogens is 2. The second-order valence-electron chi connectivity index (χ2n) is 5.93. The Morgan fingerprint density at radius 3 is 2.64 bits per heavy atom. The van der Waals surface area contributed by atoms with E-state index < -0.39 is 23.2 Å². The average molecular weight is 411 g/mol. The van der Waals surface area contributed by atoms with Crippen molar-refractivity contribution in [1.29, 1.82) is 5.41 Å². The number of nitrogens with zero attached hydrogens (tertiary/aromatic N) is 1. The summed E-state index contributed by atoms with van der Waals surface area (Å²) in [6.45, 7) is 0.441. The number of unbranched alkanes of at least 4 members (excludes halogenated alkanes) is 1. The second-order valence-corrected chi connectivity index (χ2v) is 6.51. The molecule has 11 heteroatoms. The van der Waals surface area contributed by atoms with Crippen LogP contribution < -0.4 is 16.2 Å². The number of hydrogen-bond donors (Lipinski definition) is 5. The van der Waals surface area contributed by atoms with Gasteiger partial charge in [-0.15, -0.1) is 0 Å². The number of hydrogen-bond acceptors (Lipinski definition) is 6. The number of nitrogens with one attached hydrogen (secondary N) is 4. The molecule has 0 radical (unpaired) electrons. The van der Waals surface area contributed by atoms with Crippen LogP contribution in [0.2, 0.25) is 0 Å². The van der Waals surface area contributed by atoms with Crippen molar-refractivity contribution in [3.8, 4) is 0 Å². The molecular formula is C17H20F2N5O3P. The van der Waals surface area contributed by atoms with E-state index in [9.17, 15) is 18.4 Å². The largest absolute Gasteiger partial charge is 0.481 e. The molecule has 2 rings (SSSR count). The smallest absolute Gasteiger partial charge is 0.303 e. The molecule has 0 aliphatic rings. The second kappa shape index (κ2) is 9.89. The molecule has 0 saturated carbocycles. The predicted octanol–water partition coefficient (Wildman–Crippen LogP) is 2.53. The zero-order valence-corrected chi connectivity index (χ0v) is 16.0. The van der Waals surface area contributed by atoms with Gasteiger partial charge in [0.1, 0.15) is 11.4 Å². The fourth-order valence-corrected chi connectivity index (χ4v) is 2.57. The molecule has 1 unspecified atom stereocenters. The van der Waals surface area contributed by atoms with Crippen molar-refractivity contribution in [2.45, 2.75) is 25.8 Å². The van der Waals surface area contributed by atoms with Crippen molar-refractivity contribution in [2.75, 3.05) is 17.2 Å². The van der Waals surface area contributed by atoms with E-state index in [0.717, 1.165) is 12.1 Å². The van der Waals surface area contributed by atoms with Crippen LogP contribution in [0.3, 0.4) is 0 Å². The Hall–Kier alpha value is -2.87. The highest BCUT2D eigenvalue weighted by atomic mass is 31.0. The minimum Gasteiger partial charge on any atom is -0.481 e. The van der Waals surface area contributed by atoms with Crippen molar-refractivity contribution >= 4 is 32.3 Å². The average Bonchev–Trinajstić information content (AvgIpc) is 2.63. The lowest BCUT2D eigenvalue weighted by Gasteiger charge is -2.12. The molecule has 0 bridgehead atoms. The lowest BCUT2D eigenvalue weighted by atomic mass is 10.2. The van der Waals surface area contributed by atoms with Gasteiger partial charge in [-0.05, 0) is 30.5 Å². The molecule has 150 valence electrons. The quantitative estimate of drug-likeness (QED) is 0.232. The van der Waals surface area contributed by atoms with E-state index >= 15 is 0 Å². The number of benzene rings is 1. The van der Waals surface area contributed by atoms with Gasteiger partial charge in [0, 0.05) is 19.5 Å². The molecule has 0 spiro atoms. The number of H-pyrrole nitrogens is 1. The van der Waals surface area contributed by atoms with Gasteiger partial charge in [0.2, 0.25) is 5.95 Å². The van der Waals surface area contributed by atoms with Crippen molar-refractivity contribution in [1.82, 2.24) is 9.97 Å². The first-order chi connectivity index (χ1) is 13.3. The summed E-state index contributed by atoms with van der Waals surface area (Å²) in [6.07, 6.45) is 1.02. The molecule has 0 amide bonds. The van der Waals surface area contributed by atoms with Gasteiger partial charge in [-0.25, -0.2) is 13.8 Å². The number of anilines is 2. The van der Waals surface area contributed by atoms with Crippen LogP contribution in [-0.4, -0.2) is 33.0 Å². The van der Waals surface area contributed by atoms with Crippen LogP contribution in [0.1, 0.15) is 30.5 Å². The fraction of sp³-hybridized carbons (Fsp3) is 0.294. The first kappa shape index (κ1) is 21.4. The molecule has 5 N–H and O–H groups in total. The maximum absolute atomic E-state index is 13.3. The maximum Gasteiger partial charge on any atom is 0.303 e. The molecular weight excluding hydrogens is 391 g/mol. The van der Waals surface area contributed by atoms with E-state index in [1.807, 2.05) is 0 Å². The van der Waals surface area contributed by atoms with Gasteiger partial charge in [-0.2, -0.15) is 0 Å². The molecule has 1 aromatic carbocycles. The molecule has 8 nitrogen and oxygen atoms in total. The Morgan fingerprint density at radius 2 is 2.00 bits per heavy atom. The highest BCUT2D eigenvalue weighted by Crippen LogP contribution is 2.15. The number of rotatable bonds is 10. The van der Waals surface area contributed by atoms with Crippen LogP contribution >= 0.6 is 9.24 Å². The summed E-state index contributed by atoms with van der Waals surface area (Å²) < 4.78 is 26.2. The summed E-state index contributed by atoms with van der Waals surface area (Å²) in [5.74, 6) is -2.74. The molecule has 1 aromatic heterocycles. The maximum atomic E-state index is 13.3. The van der Waals surface area contributed by atoms with Crippen LogP contribution in [0, 0.1) is 17.0 Å². The van der Waals surface area contributed by atoms with Gasteiger partial charge in [0.25, 0.3) is 5.56 Å². The first-order valence-corrected chi connectivity index (χ1v) is 8.98. The Labute approximate surface area is 161 Å². The van der Waals surface area contributed by atoms with Gasteiger partial charge < -0.3 is 15.7 Å². The van der Waals surface area contributed by atoms with Gasteiger partial charge in [0.05, 0.1) is 5.45 Å². The molecule has 28 heavy (non-hydrogen) atoms. The minimum atomic E-state index is -0.976. The Kier molecular flexibility index (Phi) is 7.57. The molecule has 0 aliphatic heterocycles. The number of carboxylic acids is 1. The fourth-order valence-electron chi connectivity index (χ4n) is 2.37. The van der Waals surface area contributed by atoms with Crippen molar-refractivity contribution in [2.24, 2.45) is 0 Å². The summed E-state index contributed by atoms with van der Waals surface area (Å²) in [5.41, 5.74) is 0.136. The Morgan fingerprint density at radius 1 is 1.25 bits per heavy atom. The van der Waals surface area contributed by atoms with Gasteiger partial charge in [-0.1, -0.05) is 15.3 Å². The Balaban J connectivity index is 2.08. The summed E-state index contributed by atoms with van der Waals surface area (Å²) in [5, 5.41) is 22.1.